The lowest BCUT2D eigenvalue weighted by atomic mass is 9.97. The number of halogens is 2. The first-order valence-corrected chi connectivity index (χ1v) is 11.7. The van der Waals surface area contributed by atoms with Crippen LogP contribution >= 0.6 is 0 Å². The van der Waals surface area contributed by atoms with Gasteiger partial charge in [-0.25, -0.2) is 8.78 Å². The van der Waals surface area contributed by atoms with E-state index in [4.69, 9.17) is 0 Å². The lowest BCUT2D eigenvalue weighted by Gasteiger charge is -2.31. The molecule has 2 aromatic carbocycles. The maximum absolute atomic E-state index is 14.4. The van der Waals surface area contributed by atoms with E-state index >= 15 is 0 Å². The van der Waals surface area contributed by atoms with Gasteiger partial charge in [0.15, 0.2) is 0 Å². The smallest absolute Gasteiger partial charge is 0.282 e. The molecule has 6 rings (SSSR count). The van der Waals surface area contributed by atoms with Crippen LogP contribution < -0.4 is 15.5 Å². The van der Waals surface area contributed by atoms with Crippen molar-refractivity contribution >= 4 is 34.2 Å². The molecule has 180 valence electrons. The van der Waals surface area contributed by atoms with E-state index in [0.717, 1.165) is 21.9 Å². The first-order chi connectivity index (χ1) is 16.8. The highest BCUT2D eigenvalue weighted by Gasteiger charge is 2.43. The standard InChI is InChI=1S/C25H23F2N5O3/c26-25(27)13-28-9-8-20(25)31-12-14(11-29-31)10-15-4-5-18-22-16(15)2-1-3-17(22)24(35)32(18)19-6-7-21(33)30-23(19)34/h1-5,11-12,19-20,28H,6-10,13H2,(H,30,33,34)/t19?,20-/m0/s1. The lowest BCUT2D eigenvalue weighted by molar-refractivity contribution is -0.134. The quantitative estimate of drug-likeness (QED) is 0.561. The van der Waals surface area contributed by atoms with Gasteiger partial charge in [0, 0.05) is 30.0 Å². The van der Waals surface area contributed by atoms with E-state index in [2.05, 4.69) is 15.7 Å². The van der Waals surface area contributed by atoms with Crippen molar-refractivity contribution in [3.63, 3.8) is 0 Å². The third kappa shape index (κ3) is 3.51. The molecule has 1 aromatic heterocycles. The predicted octanol–water partition coefficient (Wildman–Crippen LogP) is 2.56. The largest absolute Gasteiger partial charge is 0.311 e. The van der Waals surface area contributed by atoms with Gasteiger partial charge in [-0.3, -0.25) is 29.3 Å². The number of amides is 3. The summed E-state index contributed by atoms with van der Waals surface area (Å²) in [5.74, 6) is -3.94. The van der Waals surface area contributed by atoms with E-state index in [-0.39, 0.29) is 31.2 Å². The van der Waals surface area contributed by atoms with Crippen LogP contribution in [-0.4, -0.2) is 52.6 Å². The monoisotopic (exact) mass is 479 g/mol. The van der Waals surface area contributed by atoms with E-state index < -0.39 is 23.9 Å². The third-order valence-electron chi connectivity index (χ3n) is 7.15. The molecule has 0 bridgehead atoms. The van der Waals surface area contributed by atoms with Crippen molar-refractivity contribution in [2.75, 3.05) is 18.0 Å². The molecular weight excluding hydrogens is 456 g/mol. The number of nitrogens with one attached hydrogen (secondary N) is 2. The van der Waals surface area contributed by atoms with E-state index in [0.29, 0.717) is 30.6 Å². The van der Waals surface area contributed by atoms with E-state index in [1.165, 1.54) is 9.58 Å². The molecule has 2 saturated heterocycles. The zero-order valence-electron chi connectivity index (χ0n) is 18.8. The van der Waals surface area contributed by atoms with Crippen LogP contribution in [0.2, 0.25) is 0 Å². The molecule has 1 unspecified atom stereocenters. The second-order valence-electron chi connectivity index (χ2n) is 9.36. The van der Waals surface area contributed by atoms with E-state index in [1.807, 2.05) is 18.2 Å². The van der Waals surface area contributed by atoms with Gasteiger partial charge in [0.2, 0.25) is 11.8 Å². The Morgan fingerprint density at radius 2 is 1.97 bits per heavy atom. The fourth-order valence-electron chi connectivity index (χ4n) is 5.47. The number of aromatic nitrogens is 2. The van der Waals surface area contributed by atoms with Gasteiger partial charge in [-0.05, 0) is 48.0 Å². The van der Waals surface area contributed by atoms with Crippen LogP contribution in [0.5, 0.6) is 0 Å². The number of piperidine rings is 2. The van der Waals surface area contributed by atoms with Crippen LogP contribution in [0.1, 0.15) is 46.8 Å². The Morgan fingerprint density at radius 3 is 2.77 bits per heavy atom. The molecule has 2 N–H and O–H groups in total. The van der Waals surface area contributed by atoms with Crippen molar-refractivity contribution < 1.29 is 23.2 Å². The molecule has 35 heavy (non-hydrogen) atoms. The minimum atomic E-state index is -2.87. The van der Waals surface area contributed by atoms with Crippen molar-refractivity contribution in [2.24, 2.45) is 0 Å². The van der Waals surface area contributed by atoms with Crippen LogP contribution in [0.3, 0.4) is 0 Å². The topological polar surface area (TPSA) is 96.3 Å². The fourth-order valence-corrected chi connectivity index (χ4v) is 5.47. The van der Waals surface area contributed by atoms with Gasteiger partial charge in [0.25, 0.3) is 11.8 Å². The van der Waals surface area contributed by atoms with Crippen molar-refractivity contribution in [1.82, 2.24) is 20.4 Å². The molecule has 3 amide bonds. The van der Waals surface area contributed by atoms with E-state index in [1.54, 1.807) is 24.5 Å². The molecule has 0 spiro atoms. The van der Waals surface area contributed by atoms with Gasteiger partial charge in [-0.1, -0.05) is 18.2 Å². The highest BCUT2D eigenvalue weighted by Crippen LogP contribution is 2.41. The molecule has 0 radical (unpaired) electrons. The lowest BCUT2D eigenvalue weighted by Crippen LogP contribution is -2.53. The number of imide groups is 1. The van der Waals surface area contributed by atoms with Crippen LogP contribution in [-0.2, 0) is 16.0 Å². The molecule has 3 aliphatic heterocycles. The molecule has 8 nitrogen and oxygen atoms in total. The average molecular weight is 479 g/mol. The molecule has 2 atom stereocenters. The van der Waals surface area contributed by atoms with Crippen molar-refractivity contribution in [1.29, 1.82) is 0 Å². The Bertz CT molecular complexity index is 1380. The fraction of sp³-hybridized carbons (Fsp3) is 0.360. The number of hydrogen-bond acceptors (Lipinski definition) is 5. The highest BCUT2D eigenvalue weighted by atomic mass is 19.3. The summed E-state index contributed by atoms with van der Waals surface area (Å²) in [4.78, 5) is 38.9. The number of rotatable bonds is 4. The number of nitrogens with zero attached hydrogens (tertiary/aromatic N) is 3. The number of anilines is 1. The first kappa shape index (κ1) is 21.8. The Kier molecular flexibility index (Phi) is 4.96. The number of carbonyl (C=O) groups is 3. The second-order valence-corrected chi connectivity index (χ2v) is 9.36. The van der Waals surface area contributed by atoms with Crippen molar-refractivity contribution in [2.45, 2.75) is 43.7 Å². The Balaban J connectivity index is 1.33. The zero-order valence-corrected chi connectivity index (χ0v) is 18.8. The van der Waals surface area contributed by atoms with Crippen molar-refractivity contribution in [3.05, 3.63) is 59.4 Å². The van der Waals surface area contributed by atoms with Crippen molar-refractivity contribution in [3.8, 4) is 0 Å². The summed E-state index contributed by atoms with van der Waals surface area (Å²) in [6.07, 6.45) is 4.50. The SMILES string of the molecule is O=C1CCC(N2C(=O)c3cccc4c(Cc5cnn([C@H]6CCNCC6(F)F)c5)ccc2c34)C(=O)N1. The summed E-state index contributed by atoms with van der Waals surface area (Å²) < 4.78 is 30.1. The van der Waals surface area contributed by atoms with Gasteiger partial charge in [0.1, 0.15) is 12.1 Å². The van der Waals surface area contributed by atoms with Gasteiger partial charge in [-0.15, -0.1) is 0 Å². The maximum atomic E-state index is 14.4. The summed E-state index contributed by atoms with van der Waals surface area (Å²) in [6.45, 7) is 0.154. The summed E-state index contributed by atoms with van der Waals surface area (Å²) in [5, 5.41) is 10.9. The average Bonchev–Trinajstić information content (AvgIpc) is 3.39. The normalized spacial score (nSPS) is 23.7. The Morgan fingerprint density at radius 1 is 1.11 bits per heavy atom. The predicted molar refractivity (Wildman–Crippen MR) is 123 cm³/mol. The Labute approximate surface area is 199 Å². The van der Waals surface area contributed by atoms with Gasteiger partial charge >= 0.3 is 0 Å². The number of alkyl halides is 2. The Hall–Kier alpha value is -3.66. The van der Waals surface area contributed by atoms with Gasteiger partial charge in [-0.2, -0.15) is 5.10 Å². The summed E-state index contributed by atoms with van der Waals surface area (Å²) in [7, 11) is 0. The minimum Gasteiger partial charge on any atom is -0.311 e. The second kappa shape index (κ2) is 7.94. The van der Waals surface area contributed by atoms with Crippen LogP contribution in [0, 0.1) is 0 Å². The minimum absolute atomic E-state index is 0.178. The van der Waals surface area contributed by atoms with Gasteiger partial charge in [0.05, 0.1) is 18.4 Å². The summed E-state index contributed by atoms with van der Waals surface area (Å²) >= 11 is 0. The number of hydrogen-bond donors (Lipinski definition) is 2. The van der Waals surface area contributed by atoms with Gasteiger partial charge < -0.3 is 5.32 Å². The van der Waals surface area contributed by atoms with Crippen LogP contribution in [0.15, 0.2) is 42.7 Å². The molecule has 2 fully saturated rings. The number of carbonyl (C=O) groups excluding carboxylic acids is 3. The third-order valence-corrected chi connectivity index (χ3v) is 7.15. The molecule has 0 aliphatic carbocycles. The zero-order chi connectivity index (χ0) is 24.3. The molecule has 0 saturated carbocycles. The molecular formula is C25H23F2N5O3. The van der Waals surface area contributed by atoms with Crippen LogP contribution in [0.25, 0.3) is 10.8 Å². The maximum Gasteiger partial charge on any atom is 0.282 e. The van der Waals surface area contributed by atoms with E-state index in [9.17, 15) is 23.2 Å². The summed E-state index contributed by atoms with van der Waals surface area (Å²) in [5.41, 5.74) is 2.88. The molecule has 10 heteroatoms. The highest BCUT2D eigenvalue weighted by molar-refractivity contribution is 6.27. The first-order valence-electron chi connectivity index (χ1n) is 11.7. The molecule has 3 aliphatic rings. The number of benzene rings is 2. The molecule has 4 heterocycles. The summed E-state index contributed by atoms with van der Waals surface area (Å²) in [6, 6.07) is 7.45. The molecule has 3 aromatic rings. The van der Waals surface area contributed by atoms with Crippen LogP contribution in [0.4, 0.5) is 14.5 Å².